The van der Waals surface area contributed by atoms with Gasteiger partial charge in [-0.05, 0) is 40.7 Å². The average Bonchev–Trinajstić information content (AvgIpc) is 2.32. The molecule has 0 radical (unpaired) electrons. The van der Waals surface area contributed by atoms with Crippen molar-refractivity contribution in [2.45, 2.75) is 57.8 Å². The molecule has 2 rings (SSSR count). The van der Waals surface area contributed by atoms with E-state index in [9.17, 15) is 5.11 Å². The van der Waals surface area contributed by atoms with Crippen molar-refractivity contribution in [2.24, 2.45) is 0 Å². The second kappa shape index (κ2) is 3.53. The van der Waals surface area contributed by atoms with Gasteiger partial charge in [-0.15, -0.1) is 0 Å². The first kappa shape index (κ1) is 12.5. The van der Waals surface area contributed by atoms with Crippen LogP contribution < -0.4 is 0 Å². The molecule has 1 N–H and O–H groups in total. The third-order valence-electron chi connectivity index (χ3n) is 3.60. The lowest BCUT2D eigenvalue weighted by molar-refractivity contribution is -0.129. The van der Waals surface area contributed by atoms with Gasteiger partial charge in [0.05, 0.1) is 11.2 Å². The molecule has 0 spiro atoms. The molecule has 0 bridgehead atoms. The van der Waals surface area contributed by atoms with E-state index in [0.717, 1.165) is 11.3 Å². The van der Waals surface area contributed by atoms with E-state index in [4.69, 9.17) is 4.74 Å². The zero-order chi connectivity index (χ0) is 12.9. The van der Waals surface area contributed by atoms with Crippen molar-refractivity contribution in [1.29, 1.82) is 0 Å². The van der Waals surface area contributed by atoms with Crippen LogP contribution in [0.2, 0.25) is 0 Å². The fraction of sp³-hybridized carbons (Fsp3) is 0.643. The Morgan fingerprint density at radius 2 is 1.88 bits per heavy atom. The predicted molar refractivity (Wildman–Crippen MR) is 66.7 cm³/mol. The van der Waals surface area contributed by atoms with Gasteiger partial charge in [-0.3, -0.25) is 4.98 Å². The average molecular weight is 235 g/mol. The molecule has 1 atom stereocenters. The van der Waals surface area contributed by atoms with Crippen molar-refractivity contribution in [2.75, 3.05) is 0 Å². The van der Waals surface area contributed by atoms with E-state index in [1.165, 1.54) is 0 Å². The van der Waals surface area contributed by atoms with Gasteiger partial charge in [0, 0.05) is 23.9 Å². The minimum atomic E-state index is -0.975. The first-order chi connectivity index (χ1) is 7.66. The van der Waals surface area contributed by atoms with Crippen LogP contribution in [0.1, 0.15) is 45.4 Å². The number of ether oxygens (including phenoxy) is 1. The minimum absolute atomic E-state index is 0.316. The van der Waals surface area contributed by atoms with Gasteiger partial charge in [0.2, 0.25) is 0 Å². The summed E-state index contributed by atoms with van der Waals surface area (Å²) in [5.74, 6) is 0. The number of aromatic nitrogens is 1. The maximum atomic E-state index is 11.0. The zero-order valence-electron chi connectivity index (χ0n) is 11.2. The maximum Gasteiger partial charge on any atom is 0.122 e. The molecule has 1 aromatic rings. The van der Waals surface area contributed by atoms with Crippen LogP contribution in [0, 0.1) is 6.92 Å². The van der Waals surface area contributed by atoms with Crippen LogP contribution in [-0.2, 0) is 10.3 Å². The van der Waals surface area contributed by atoms with Gasteiger partial charge in [0.1, 0.15) is 5.60 Å². The largest absolute Gasteiger partial charge is 0.382 e. The Morgan fingerprint density at radius 3 is 2.29 bits per heavy atom. The molecule has 0 aromatic carbocycles. The van der Waals surface area contributed by atoms with Crippen molar-refractivity contribution in [3.05, 3.63) is 29.6 Å². The molecule has 1 aliphatic heterocycles. The van der Waals surface area contributed by atoms with Crippen molar-refractivity contribution >= 4 is 0 Å². The van der Waals surface area contributed by atoms with Crippen LogP contribution in [0.15, 0.2) is 18.3 Å². The molecule has 17 heavy (non-hydrogen) atoms. The van der Waals surface area contributed by atoms with Crippen molar-refractivity contribution in [3.8, 4) is 0 Å². The number of aryl methyl sites for hydroxylation is 1. The number of rotatable bonds is 1. The number of pyridine rings is 1. The lowest BCUT2D eigenvalue weighted by Gasteiger charge is -2.35. The van der Waals surface area contributed by atoms with E-state index in [2.05, 4.69) is 4.98 Å². The van der Waals surface area contributed by atoms with Gasteiger partial charge in [0.25, 0.3) is 0 Å². The Balaban J connectivity index is 2.45. The fourth-order valence-corrected chi connectivity index (χ4v) is 2.80. The molecule has 3 heteroatoms. The number of hydrogen-bond acceptors (Lipinski definition) is 3. The first-order valence-corrected chi connectivity index (χ1v) is 6.02. The molecule has 0 saturated carbocycles. The summed E-state index contributed by atoms with van der Waals surface area (Å²) in [4.78, 5) is 4.27. The van der Waals surface area contributed by atoms with Gasteiger partial charge in [-0.1, -0.05) is 6.07 Å². The molecule has 1 unspecified atom stereocenters. The van der Waals surface area contributed by atoms with E-state index in [0.29, 0.717) is 6.42 Å². The van der Waals surface area contributed by atoms with Crippen LogP contribution in [0.4, 0.5) is 0 Å². The highest BCUT2D eigenvalue weighted by molar-refractivity contribution is 5.27. The maximum absolute atomic E-state index is 11.0. The summed E-state index contributed by atoms with van der Waals surface area (Å²) < 4.78 is 5.96. The summed E-state index contributed by atoms with van der Waals surface area (Å²) in [6.45, 7) is 9.82. The summed E-state index contributed by atoms with van der Waals surface area (Å²) in [5, 5.41) is 11.0. The molecule has 1 aliphatic rings. The molecule has 0 amide bonds. The summed E-state index contributed by atoms with van der Waals surface area (Å²) in [6, 6.07) is 3.86. The van der Waals surface area contributed by atoms with Crippen molar-refractivity contribution in [3.63, 3.8) is 0 Å². The number of nitrogens with zero attached hydrogens (tertiary/aromatic N) is 1. The molecule has 0 aliphatic carbocycles. The molecule has 1 aromatic heterocycles. The van der Waals surface area contributed by atoms with E-state index in [1.54, 1.807) is 6.20 Å². The second-order valence-electron chi connectivity index (χ2n) is 6.10. The third-order valence-corrected chi connectivity index (χ3v) is 3.60. The number of hydrogen-bond donors (Lipinski definition) is 1. The van der Waals surface area contributed by atoms with E-state index >= 15 is 0 Å². The summed E-state index contributed by atoms with van der Waals surface area (Å²) in [6.07, 6.45) is 2.33. The lowest BCUT2D eigenvalue weighted by Crippen LogP contribution is -2.43. The monoisotopic (exact) mass is 235 g/mol. The van der Waals surface area contributed by atoms with E-state index < -0.39 is 11.2 Å². The Hall–Kier alpha value is -0.930. The third kappa shape index (κ3) is 1.98. The normalized spacial score (nSPS) is 30.5. The van der Waals surface area contributed by atoms with Crippen LogP contribution >= 0.6 is 0 Å². The molecule has 3 nitrogen and oxygen atoms in total. The summed E-state index contributed by atoms with van der Waals surface area (Å²) >= 11 is 0. The Morgan fingerprint density at radius 1 is 1.24 bits per heavy atom. The SMILES string of the molecule is Cc1ccc(C2(O)CC(C)(C)OC2(C)C)cn1. The summed E-state index contributed by atoms with van der Waals surface area (Å²) in [5.41, 5.74) is -0.111. The highest BCUT2D eigenvalue weighted by atomic mass is 16.5. The standard InChI is InChI=1S/C14H21NO2/c1-10-6-7-11(8-15-10)14(16)9-12(2,3)17-13(14,4)5/h6-8,16H,9H2,1-5H3. The van der Waals surface area contributed by atoms with E-state index in [1.807, 2.05) is 46.8 Å². The quantitative estimate of drug-likeness (QED) is 0.813. The predicted octanol–water partition coefficient (Wildman–Crippen LogP) is 2.56. The first-order valence-electron chi connectivity index (χ1n) is 6.02. The Bertz CT molecular complexity index is 422. The smallest absolute Gasteiger partial charge is 0.122 e. The molecule has 1 fully saturated rings. The van der Waals surface area contributed by atoms with Crippen molar-refractivity contribution < 1.29 is 9.84 Å². The topological polar surface area (TPSA) is 42.4 Å². The Kier molecular flexibility index (Phi) is 2.60. The van der Waals surface area contributed by atoms with E-state index in [-0.39, 0.29) is 5.60 Å². The van der Waals surface area contributed by atoms with Crippen LogP contribution in [0.25, 0.3) is 0 Å². The van der Waals surface area contributed by atoms with Crippen LogP contribution in [0.3, 0.4) is 0 Å². The van der Waals surface area contributed by atoms with Crippen molar-refractivity contribution in [1.82, 2.24) is 4.98 Å². The molecule has 1 saturated heterocycles. The van der Waals surface area contributed by atoms with Crippen LogP contribution in [0.5, 0.6) is 0 Å². The second-order valence-corrected chi connectivity index (χ2v) is 6.10. The highest BCUT2D eigenvalue weighted by Crippen LogP contribution is 2.50. The van der Waals surface area contributed by atoms with Gasteiger partial charge >= 0.3 is 0 Å². The van der Waals surface area contributed by atoms with Gasteiger partial charge in [0.15, 0.2) is 0 Å². The Labute approximate surface area is 103 Å². The summed E-state index contributed by atoms with van der Waals surface area (Å²) in [7, 11) is 0. The molecule has 94 valence electrons. The minimum Gasteiger partial charge on any atom is -0.382 e. The zero-order valence-corrected chi connectivity index (χ0v) is 11.2. The molecule has 2 heterocycles. The van der Waals surface area contributed by atoms with Gasteiger partial charge in [-0.2, -0.15) is 0 Å². The molecular weight excluding hydrogens is 214 g/mol. The van der Waals surface area contributed by atoms with Gasteiger partial charge < -0.3 is 9.84 Å². The fourth-order valence-electron chi connectivity index (χ4n) is 2.80. The highest BCUT2D eigenvalue weighted by Gasteiger charge is 2.57. The lowest BCUT2D eigenvalue weighted by atomic mass is 9.78. The van der Waals surface area contributed by atoms with Crippen LogP contribution in [-0.4, -0.2) is 21.3 Å². The number of aliphatic hydroxyl groups is 1. The van der Waals surface area contributed by atoms with Gasteiger partial charge in [-0.25, -0.2) is 0 Å². The molecular formula is C14H21NO2.